The van der Waals surface area contributed by atoms with Gasteiger partial charge in [0.2, 0.25) is 0 Å². The molecule has 1 saturated heterocycles. The second kappa shape index (κ2) is 8.77. The highest BCUT2D eigenvalue weighted by molar-refractivity contribution is 7.66. The summed E-state index contributed by atoms with van der Waals surface area (Å²) in [4.78, 5) is 58.3. The lowest BCUT2D eigenvalue weighted by Gasteiger charge is -2.19. The molecule has 0 aliphatic carbocycles. The summed E-state index contributed by atoms with van der Waals surface area (Å²) < 4.78 is 51.3. The van der Waals surface area contributed by atoms with Gasteiger partial charge in [0.25, 0.3) is 0 Å². The number of fused-ring (bicyclic) bond motifs is 1. The van der Waals surface area contributed by atoms with E-state index in [1.54, 1.807) is 6.92 Å². The molecule has 2 aromatic rings. The molecule has 3 unspecified atom stereocenters. The summed E-state index contributed by atoms with van der Waals surface area (Å²) in [5.41, 5.74) is -0.476. The number of phosphoric ester groups is 1. The molecule has 1 aliphatic heterocycles. The average molecular weight is 522 g/mol. The fourth-order valence-electron chi connectivity index (χ4n) is 2.76. The second-order valence-corrected chi connectivity index (χ2v) is 10.8. The molecule has 0 spiro atoms. The lowest BCUT2D eigenvalue weighted by Crippen LogP contribution is -2.36. The van der Waals surface area contributed by atoms with E-state index in [1.165, 1.54) is 6.20 Å². The van der Waals surface area contributed by atoms with Crippen LogP contribution in [0, 0.1) is 6.92 Å². The molecule has 0 bridgehead atoms. The van der Waals surface area contributed by atoms with E-state index in [2.05, 4.69) is 28.1 Å². The SMILES string of the molecule is Cc1nc2cn([C@@H]3O[C@H](COP(=O)(O)OP(=O)(O)OP(=O)(O)O)C(O)[C@@H]3O)c(=O)nc2[nH]1. The number of hydrogen-bond acceptors (Lipinski definition) is 12. The number of nitrogens with zero attached hydrogens (tertiary/aromatic N) is 3. The number of hydrogen-bond donors (Lipinski definition) is 7. The third-order valence-electron chi connectivity index (χ3n) is 3.95. The van der Waals surface area contributed by atoms with Crippen LogP contribution in [0.1, 0.15) is 12.1 Å². The Morgan fingerprint density at radius 3 is 2.38 bits per heavy atom. The smallest absolute Gasteiger partial charge is 0.387 e. The van der Waals surface area contributed by atoms with Crippen LogP contribution in [0.3, 0.4) is 0 Å². The first-order valence-corrected chi connectivity index (χ1v) is 12.8. The Morgan fingerprint density at radius 2 is 1.75 bits per heavy atom. The van der Waals surface area contributed by atoms with Gasteiger partial charge in [-0.1, -0.05) is 0 Å². The number of nitrogens with one attached hydrogen (secondary N) is 1. The lowest BCUT2D eigenvalue weighted by atomic mass is 10.1. The van der Waals surface area contributed by atoms with Crippen molar-refractivity contribution in [3.63, 3.8) is 0 Å². The fraction of sp³-hybridized carbons (Fsp3) is 0.545. The van der Waals surface area contributed by atoms with Gasteiger partial charge in [-0.3, -0.25) is 9.09 Å². The monoisotopic (exact) mass is 522 g/mol. The van der Waals surface area contributed by atoms with Crippen molar-refractivity contribution in [2.45, 2.75) is 31.5 Å². The van der Waals surface area contributed by atoms with Crippen LogP contribution in [0.25, 0.3) is 11.2 Å². The van der Waals surface area contributed by atoms with Crippen LogP contribution in [0.4, 0.5) is 0 Å². The number of rotatable bonds is 8. The van der Waals surface area contributed by atoms with Crippen molar-refractivity contribution in [2.24, 2.45) is 0 Å². The number of aryl methyl sites for hydroxylation is 1. The number of aromatic nitrogens is 4. The van der Waals surface area contributed by atoms with Crippen molar-refractivity contribution in [3.05, 3.63) is 22.5 Å². The van der Waals surface area contributed by atoms with Crippen molar-refractivity contribution in [1.82, 2.24) is 19.5 Å². The topological polar surface area (TPSA) is 273 Å². The van der Waals surface area contributed by atoms with Gasteiger partial charge in [0.1, 0.15) is 29.7 Å². The first-order valence-electron chi connectivity index (χ1n) is 8.32. The summed E-state index contributed by atoms with van der Waals surface area (Å²) >= 11 is 0. The van der Waals surface area contributed by atoms with Crippen molar-refractivity contribution in [1.29, 1.82) is 0 Å². The minimum absolute atomic E-state index is 0.168. The van der Waals surface area contributed by atoms with Gasteiger partial charge in [0.15, 0.2) is 11.9 Å². The van der Waals surface area contributed by atoms with Gasteiger partial charge in [0, 0.05) is 6.20 Å². The summed E-state index contributed by atoms with van der Waals surface area (Å²) in [5.74, 6) is 0.450. The Bertz CT molecular complexity index is 1210. The first kappa shape index (κ1) is 25.3. The summed E-state index contributed by atoms with van der Waals surface area (Å²) in [6.45, 7) is 0.588. The zero-order valence-electron chi connectivity index (χ0n) is 15.7. The third kappa shape index (κ3) is 5.95. The quantitative estimate of drug-likeness (QED) is 0.192. The molecule has 1 fully saturated rings. The van der Waals surface area contributed by atoms with Gasteiger partial charge in [-0.15, -0.1) is 0 Å². The van der Waals surface area contributed by atoms with E-state index in [9.17, 15) is 33.6 Å². The summed E-state index contributed by atoms with van der Waals surface area (Å²) in [6.07, 6.45) is -5.37. The van der Waals surface area contributed by atoms with E-state index in [-0.39, 0.29) is 11.2 Å². The number of ether oxygens (including phenoxy) is 1. The van der Waals surface area contributed by atoms with Gasteiger partial charge in [-0.2, -0.15) is 13.6 Å². The molecule has 0 radical (unpaired) electrons. The Hall–Kier alpha value is -1.36. The average Bonchev–Trinajstić information content (AvgIpc) is 3.08. The Labute approximate surface area is 176 Å². The number of imidazole rings is 1. The van der Waals surface area contributed by atoms with Crippen LogP contribution < -0.4 is 5.69 Å². The van der Waals surface area contributed by atoms with E-state index in [1.807, 2.05) is 0 Å². The van der Waals surface area contributed by atoms with Crippen molar-refractivity contribution < 1.29 is 61.4 Å². The van der Waals surface area contributed by atoms with Gasteiger partial charge >= 0.3 is 29.2 Å². The maximum atomic E-state index is 12.2. The molecule has 3 heterocycles. The summed E-state index contributed by atoms with van der Waals surface area (Å²) in [7, 11) is -16.8. The molecule has 2 aromatic heterocycles. The van der Waals surface area contributed by atoms with Gasteiger partial charge in [-0.25, -0.2) is 23.5 Å². The summed E-state index contributed by atoms with van der Waals surface area (Å²) in [6, 6.07) is 0. The Balaban J connectivity index is 1.71. The predicted molar refractivity (Wildman–Crippen MR) is 98.6 cm³/mol. The number of aliphatic hydroxyl groups excluding tert-OH is 2. The molecular formula is C11H17N4O14P3. The minimum atomic E-state index is -5.73. The first-order chi connectivity index (χ1) is 14.6. The number of aliphatic hydroxyl groups is 2. The van der Waals surface area contributed by atoms with Crippen LogP contribution in [0.5, 0.6) is 0 Å². The summed E-state index contributed by atoms with van der Waals surface area (Å²) in [5, 5.41) is 20.3. The van der Waals surface area contributed by atoms with E-state index >= 15 is 0 Å². The minimum Gasteiger partial charge on any atom is -0.387 e. The van der Waals surface area contributed by atoms with Gasteiger partial charge in [-0.05, 0) is 6.92 Å². The zero-order valence-corrected chi connectivity index (χ0v) is 18.4. The highest BCUT2D eigenvalue weighted by Crippen LogP contribution is 2.66. The molecule has 21 heteroatoms. The molecule has 180 valence electrons. The molecular weight excluding hydrogens is 505 g/mol. The van der Waals surface area contributed by atoms with Crippen LogP contribution in [-0.2, 0) is 31.6 Å². The molecule has 0 aromatic carbocycles. The maximum Gasteiger partial charge on any atom is 0.490 e. The number of aromatic amines is 1. The predicted octanol–water partition coefficient (Wildman–Crippen LogP) is -1.61. The van der Waals surface area contributed by atoms with Crippen LogP contribution in [0.15, 0.2) is 11.0 Å². The maximum absolute atomic E-state index is 12.2. The lowest BCUT2D eigenvalue weighted by molar-refractivity contribution is -0.0539. The number of H-pyrrole nitrogens is 1. The molecule has 7 N–H and O–H groups in total. The standard InChI is InChI=1S/C11H17N4O14P3/c1-4-12-5-2-15(11(18)14-9(5)13-4)10-8(17)7(16)6(27-10)3-26-31(22,23)29-32(24,25)28-30(19,20)21/h2,6-8,10,16-17H,3H2,1H3,(H,22,23)(H,24,25)(H2,19,20,21)(H,12,13,14,18)/t6-,7?,8+,10-/m1/s1. The normalized spacial score (nSPS) is 28.0. The van der Waals surface area contributed by atoms with Gasteiger partial charge in [0.05, 0.1) is 6.61 Å². The molecule has 32 heavy (non-hydrogen) atoms. The molecule has 18 nitrogen and oxygen atoms in total. The van der Waals surface area contributed by atoms with E-state index < -0.39 is 60.3 Å². The van der Waals surface area contributed by atoms with Crippen molar-refractivity contribution in [2.75, 3.05) is 6.61 Å². The van der Waals surface area contributed by atoms with E-state index in [4.69, 9.17) is 19.4 Å². The zero-order chi connectivity index (χ0) is 24.1. The number of phosphoric acid groups is 3. The third-order valence-corrected chi connectivity index (χ3v) is 7.75. The van der Waals surface area contributed by atoms with Crippen LogP contribution in [0.2, 0.25) is 0 Å². The largest absolute Gasteiger partial charge is 0.490 e. The van der Waals surface area contributed by atoms with E-state index in [0.29, 0.717) is 5.82 Å². The van der Waals surface area contributed by atoms with Crippen molar-refractivity contribution >= 4 is 34.6 Å². The molecule has 0 amide bonds. The van der Waals surface area contributed by atoms with Crippen molar-refractivity contribution in [3.8, 4) is 0 Å². The second-order valence-electron chi connectivity index (χ2n) is 6.42. The Kier molecular flexibility index (Phi) is 6.93. The molecule has 3 rings (SSSR count). The highest BCUT2D eigenvalue weighted by atomic mass is 31.3. The Morgan fingerprint density at radius 1 is 1.09 bits per heavy atom. The van der Waals surface area contributed by atoms with Crippen LogP contribution in [-0.4, -0.2) is 74.2 Å². The van der Waals surface area contributed by atoms with Crippen LogP contribution >= 0.6 is 23.5 Å². The highest BCUT2D eigenvalue weighted by Gasteiger charge is 2.46. The van der Waals surface area contributed by atoms with Gasteiger partial charge < -0.3 is 39.5 Å². The van der Waals surface area contributed by atoms with E-state index in [0.717, 1.165) is 4.57 Å². The molecule has 1 aliphatic rings. The molecule has 6 atom stereocenters. The fourth-order valence-corrected chi connectivity index (χ4v) is 5.79. The molecule has 0 saturated carbocycles.